The van der Waals surface area contributed by atoms with Crippen LogP contribution in [0, 0.1) is 0 Å². The Morgan fingerprint density at radius 2 is 1.94 bits per heavy atom. The lowest BCUT2D eigenvalue weighted by atomic mass is 10.2. The summed E-state index contributed by atoms with van der Waals surface area (Å²) in [6, 6.07) is 0.467. The van der Waals surface area contributed by atoms with Gasteiger partial charge in [0.25, 0.3) is 0 Å². The van der Waals surface area contributed by atoms with Gasteiger partial charge in [0.15, 0.2) is 0 Å². The lowest BCUT2D eigenvalue weighted by Gasteiger charge is -2.19. The molecule has 1 unspecified atom stereocenters. The molecule has 0 radical (unpaired) electrons. The van der Waals surface area contributed by atoms with Gasteiger partial charge in [-0.1, -0.05) is 13.8 Å². The van der Waals surface area contributed by atoms with Gasteiger partial charge in [-0.25, -0.2) is 9.97 Å². The quantitative estimate of drug-likeness (QED) is 0.759. The summed E-state index contributed by atoms with van der Waals surface area (Å²) in [7, 11) is 0. The smallest absolute Gasteiger partial charge is 0.134 e. The molecule has 0 saturated carbocycles. The van der Waals surface area contributed by atoms with E-state index in [-0.39, 0.29) is 0 Å². The van der Waals surface area contributed by atoms with Crippen molar-refractivity contribution in [1.29, 1.82) is 0 Å². The average molecular weight is 268 g/mol. The molecule has 18 heavy (non-hydrogen) atoms. The van der Waals surface area contributed by atoms with Gasteiger partial charge in [-0.05, 0) is 26.0 Å². The molecule has 0 bridgehead atoms. The van der Waals surface area contributed by atoms with Crippen molar-refractivity contribution >= 4 is 23.4 Å². The maximum absolute atomic E-state index is 4.39. The summed E-state index contributed by atoms with van der Waals surface area (Å²) in [5, 5.41) is 6.83. The second-order valence-electron chi connectivity index (χ2n) is 4.14. The highest BCUT2D eigenvalue weighted by atomic mass is 32.2. The van der Waals surface area contributed by atoms with E-state index in [0.29, 0.717) is 6.04 Å². The largest absolute Gasteiger partial charge is 0.370 e. The SMILES string of the molecule is CCNc1ncnc(NC(CC)CSC)c1CC. The molecule has 0 aliphatic rings. The van der Waals surface area contributed by atoms with Crippen LogP contribution in [0.5, 0.6) is 0 Å². The van der Waals surface area contributed by atoms with E-state index in [2.05, 4.69) is 47.6 Å². The first-order valence-electron chi connectivity index (χ1n) is 6.59. The summed E-state index contributed by atoms with van der Waals surface area (Å²) in [6.45, 7) is 7.30. The Labute approximate surface area is 114 Å². The van der Waals surface area contributed by atoms with E-state index < -0.39 is 0 Å². The summed E-state index contributed by atoms with van der Waals surface area (Å²) >= 11 is 1.86. The highest BCUT2D eigenvalue weighted by Crippen LogP contribution is 2.21. The normalized spacial score (nSPS) is 12.2. The number of hydrogen-bond donors (Lipinski definition) is 2. The van der Waals surface area contributed by atoms with Crippen molar-refractivity contribution in [2.75, 3.05) is 29.2 Å². The third-order valence-electron chi connectivity index (χ3n) is 2.84. The van der Waals surface area contributed by atoms with Gasteiger partial charge in [0.1, 0.15) is 18.0 Å². The second kappa shape index (κ2) is 8.19. The Hall–Kier alpha value is -0.970. The molecule has 5 heteroatoms. The van der Waals surface area contributed by atoms with E-state index in [1.165, 1.54) is 5.56 Å². The van der Waals surface area contributed by atoms with Crippen molar-refractivity contribution in [1.82, 2.24) is 9.97 Å². The number of nitrogens with one attached hydrogen (secondary N) is 2. The van der Waals surface area contributed by atoms with E-state index in [1.54, 1.807) is 6.33 Å². The van der Waals surface area contributed by atoms with Crippen LogP contribution in [-0.2, 0) is 6.42 Å². The number of aromatic nitrogens is 2. The Balaban J connectivity index is 2.89. The lowest BCUT2D eigenvalue weighted by molar-refractivity contribution is 0.766. The van der Waals surface area contributed by atoms with Crippen molar-refractivity contribution in [2.45, 2.75) is 39.7 Å². The minimum atomic E-state index is 0.467. The van der Waals surface area contributed by atoms with Gasteiger partial charge in [-0.3, -0.25) is 0 Å². The molecule has 0 spiro atoms. The van der Waals surface area contributed by atoms with Crippen LogP contribution in [0.4, 0.5) is 11.6 Å². The first kappa shape index (κ1) is 15.1. The van der Waals surface area contributed by atoms with Crippen LogP contribution in [0.2, 0.25) is 0 Å². The lowest BCUT2D eigenvalue weighted by Crippen LogP contribution is -2.23. The zero-order chi connectivity index (χ0) is 13.4. The predicted molar refractivity (Wildman–Crippen MR) is 81.7 cm³/mol. The van der Waals surface area contributed by atoms with Crippen LogP contribution in [-0.4, -0.2) is 34.6 Å². The van der Waals surface area contributed by atoms with Crippen molar-refractivity contribution < 1.29 is 0 Å². The molecule has 0 aliphatic carbocycles. The fourth-order valence-electron chi connectivity index (χ4n) is 1.85. The van der Waals surface area contributed by atoms with Gasteiger partial charge >= 0.3 is 0 Å². The second-order valence-corrected chi connectivity index (χ2v) is 5.05. The maximum atomic E-state index is 4.39. The Morgan fingerprint density at radius 3 is 2.50 bits per heavy atom. The van der Waals surface area contributed by atoms with Crippen LogP contribution in [0.1, 0.15) is 32.8 Å². The Bertz CT molecular complexity index is 357. The molecule has 0 amide bonds. The molecule has 102 valence electrons. The minimum absolute atomic E-state index is 0.467. The van der Waals surface area contributed by atoms with Crippen molar-refractivity contribution in [3.8, 4) is 0 Å². The molecule has 0 saturated heterocycles. The van der Waals surface area contributed by atoms with Crippen molar-refractivity contribution in [2.24, 2.45) is 0 Å². The number of thioether (sulfide) groups is 1. The molecule has 0 aliphatic heterocycles. The predicted octanol–water partition coefficient (Wildman–Crippen LogP) is 3.02. The summed E-state index contributed by atoms with van der Waals surface area (Å²) in [6.07, 6.45) is 5.80. The fraction of sp³-hybridized carbons (Fsp3) is 0.692. The van der Waals surface area contributed by atoms with E-state index in [4.69, 9.17) is 0 Å². The van der Waals surface area contributed by atoms with Gasteiger partial charge in [0.2, 0.25) is 0 Å². The van der Waals surface area contributed by atoms with Gasteiger partial charge in [0, 0.05) is 23.9 Å². The molecular formula is C13H24N4S. The number of anilines is 2. The molecule has 1 heterocycles. The number of rotatable bonds is 8. The fourth-order valence-corrected chi connectivity index (χ4v) is 2.57. The summed E-state index contributed by atoms with van der Waals surface area (Å²) < 4.78 is 0. The number of nitrogens with zero attached hydrogens (tertiary/aromatic N) is 2. The van der Waals surface area contributed by atoms with Crippen LogP contribution in [0.25, 0.3) is 0 Å². The third-order valence-corrected chi connectivity index (χ3v) is 3.58. The van der Waals surface area contributed by atoms with E-state index in [9.17, 15) is 0 Å². The molecule has 1 rings (SSSR count). The van der Waals surface area contributed by atoms with Gasteiger partial charge in [0.05, 0.1) is 0 Å². The molecule has 0 aromatic carbocycles. The molecule has 1 aromatic rings. The minimum Gasteiger partial charge on any atom is -0.370 e. The van der Waals surface area contributed by atoms with Crippen LogP contribution >= 0.6 is 11.8 Å². The average Bonchev–Trinajstić information content (AvgIpc) is 2.39. The Morgan fingerprint density at radius 1 is 1.22 bits per heavy atom. The third kappa shape index (κ3) is 4.05. The zero-order valence-electron chi connectivity index (χ0n) is 11.8. The van der Waals surface area contributed by atoms with Gasteiger partial charge in [-0.2, -0.15) is 11.8 Å². The Kier molecular flexibility index (Phi) is 6.86. The molecule has 1 aromatic heterocycles. The van der Waals surface area contributed by atoms with E-state index in [0.717, 1.165) is 36.8 Å². The van der Waals surface area contributed by atoms with Crippen LogP contribution in [0.3, 0.4) is 0 Å². The summed E-state index contributed by atoms with van der Waals surface area (Å²) in [5.41, 5.74) is 1.18. The number of hydrogen-bond acceptors (Lipinski definition) is 5. The molecule has 4 nitrogen and oxygen atoms in total. The topological polar surface area (TPSA) is 49.8 Å². The standard InChI is InChI=1S/C13H24N4S/c1-5-10(8-18-4)17-13-11(6-2)12(14-7-3)15-9-16-13/h9-10H,5-8H2,1-4H3,(H2,14,15,16,17). The van der Waals surface area contributed by atoms with E-state index >= 15 is 0 Å². The van der Waals surface area contributed by atoms with Crippen molar-refractivity contribution in [3.05, 3.63) is 11.9 Å². The van der Waals surface area contributed by atoms with Crippen LogP contribution < -0.4 is 10.6 Å². The highest BCUT2D eigenvalue weighted by Gasteiger charge is 2.12. The molecule has 1 atom stereocenters. The molecule has 2 N–H and O–H groups in total. The zero-order valence-corrected chi connectivity index (χ0v) is 12.6. The van der Waals surface area contributed by atoms with Gasteiger partial charge < -0.3 is 10.6 Å². The van der Waals surface area contributed by atoms with Crippen molar-refractivity contribution in [3.63, 3.8) is 0 Å². The highest BCUT2D eigenvalue weighted by molar-refractivity contribution is 7.98. The first-order valence-corrected chi connectivity index (χ1v) is 7.99. The van der Waals surface area contributed by atoms with E-state index in [1.807, 2.05) is 11.8 Å². The first-order chi connectivity index (χ1) is 8.76. The van der Waals surface area contributed by atoms with Gasteiger partial charge in [-0.15, -0.1) is 0 Å². The summed E-state index contributed by atoms with van der Waals surface area (Å²) in [4.78, 5) is 8.70. The molecular weight excluding hydrogens is 244 g/mol. The molecule has 0 fully saturated rings. The van der Waals surface area contributed by atoms with Crippen LogP contribution in [0.15, 0.2) is 6.33 Å². The maximum Gasteiger partial charge on any atom is 0.134 e. The summed E-state index contributed by atoms with van der Waals surface area (Å²) in [5.74, 6) is 3.03. The monoisotopic (exact) mass is 268 g/mol.